The Bertz CT molecular complexity index is 1990. The molecule has 3 aromatic rings. The Kier molecular flexibility index (Phi) is 17.1. The minimum atomic E-state index is -0.786. The molecule has 0 radical (unpaired) electrons. The highest BCUT2D eigenvalue weighted by Gasteiger charge is 2.40. The molecule has 0 aliphatic carbocycles. The van der Waals surface area contributed by atoms with E-state index in [9.17, 15) is 19.8 Å². The van der Waals surface area contributed by atoms with Crippen molar-refractivity contribution in [3.05, 3.63) is 86.5 Å². The fourth-order valence-corrected chi connectivity index (χ4v) is 9.45. The maximum Gasteiger partial charge on any atom is 0.350 e. The van der Waals surface area contributed by atoms with Gasteiger partial charge >= 0.3 is 11.9 Å². The number of aryl methyl sites for hydroxylation is 1. The second kappa shape index (κ2) is 22.0. The quantitative estimate of drug-likeness (QED) is 0.0526. The van der Waals surface area contributed by atoms with Crippen LogP contribution >= 0.6 is 11.6 Å². The summed E-state index contributed by atoms with van der Waals surface area (Å²) in [6.45, 7) is 7.23. The summed E-state index contributed by atoms with van der Waals surface area (Å²) >= 11 is 6.27. The average molecular weight is 869 g/mol. The molecule has 2 heterocycles. The summed E-state index contributed by atoms with van der Waals surface area (Å²) in [6, 6.07) is 12.1. The van der Waals surface area contributed by atoms with Gasteiger partial charge < -0.3 is 52.3 Å². The van der Waals surface area contributed by atoms with E-state index in [4.69, 9.17) is 44.8 Å². The molecule has 1 saturated heterocycles. The van der Waals surface area contributed by atoms with Crippen molar-refractivity contribution >= 4 is 23.5 Å². The predicted octanol–water partition coefficient (Wildman–Crippen LogP) is 6.50. The van der Waals surface area contributed by atoms with Crippen LogP contribution in [0.25, 0.3) is 0 Å². The van der Waals surface area contributed by atoms with Gasteiger partial charge in [-0.05, 0) is 84.3 Å². The lowest BCUT2D eigenvalue weighted by molar-refractivity contribution is -0.945. The van der Waals surface area contributed by atoms with Crippen molar-refractivity contribution in [2.24, 2.45) is 0 Å². The largest absolute Gasteiger partial charge is 0.493 e. The Morgan fingerprint density at radius 2 is 1.33 bits per heavy atom. The van der Waals surface area contributed by atoms with Gasteiger partial charge in [0.25, 0.3) is 0 Å². The third kappa shape index (κ3) is 11.7. The van der Waals surface area contributed by atoms with Gasteiger partial charge in [0.05, 0.1) is 102 Å². The molecule has 0 amide bonds. The molecule has 3 aromatic carbocycles. The van der Waals surface area contributed by atoms with E-state index in [2.05, 4.69) is 19.2 Å². The Morgan fingerprint density at radius 3 is 1.95 bits per heavy atom. The second-order valence-electron chi connectivity index (χ2n) is 16.4. The lowest BCUT2D eigenvalue weighted by Crippen LogP contribution is -2.52. The average Bonchev–Trinajstić information content (AvgIpc) is 3.26. The number of quaternary nitrogens is 2. The smallest absolute Gasteiger partial charge is 0.350 e. The highest BCUT2D eigenvalue weighted by Crippen LogP contribution is 2.43. The van der Waals surface area contributed by atoms with Crippen molar-refractivity contribution in [2.45, 2.75) is 77.7 Å². The summed E-state index contributed by atoms with van der Waals surface area (Å²) in [7, 11) is 10.2. The van der Waals surface area contributed by atoms with E-state index in [1.54, 1.807) is 35.5 Å². The van der Waals surface area contributed by atoms with Gasteiger partial charge in [-0.15, -0.1) is 0 Å². The number of ether oxygens (including phenoxy) is 7. The van der Waals surface area contributed by atoms with E-state index in [0.717, 1.165) is 96.3 Å². The monoisotopic (exact) mass is 868 g/mol. The number of piperidine rings is 1. The molecule has 0 unspecified atom stereocenters. The first-order valence-electron chi connectivity index (χ1n) is 21.1. The summed E-state index contributed by atoms with van der Waals surface area (Å²) in [6.07, 6.45) is 7.06. The number of carbonyl (C=O) groups excluding carboxylic acids is 2. The zero-order chi connectivity index (χ0) is 44.2. The SMILES string of the molecule is COc1cc(C[N+]2(CCCOC(=O)/C=C(\Cl)C(=O)OCCC[N@+]3(C)CCc4cc(CO)c(CO)cc4[C@H]3Cc3cc(OC)c(OC)c(OC)c3)CCCCC2)cc(C)c1OC. The number of aliphatic hydroxyl groups is 2. The van der Waals surface area contributed by atoms with Crippen LogP contribution in [0, 0.1) is 6.92 Å². The van der Waals surface area contributed by atoms with Gasteiger partial charge in [-0.1, -0.05) is 17.7 Å². The molecular weight excluding hydrogens is 804 g/mol. The zero-order valence-electron chi connectivity index (χ0n) is 37.0. The van der Waals surface area contributed by atoms with E-state index < -0.39 is 11.9 Å². The standard InChI is InChI=1S/C47H65ClN2O11/c1-32-21-34(25-41(55-3)45(32)58-6)29-50(15-9-8-10-16-50)17-12-19-60-44(53)28-39(48)47(54)61-20-11-14-49(2)18-13-35-26-36(30-51)37(31-52)27-38(35)40(49)22-33-23-42(56-4)46(59-7)43(24-33)57-5/h21,23-28,40,51-52H,8-20,22,29-31H2,1-7H3/q+2/b39-28-/t40-,49-/m1/s1. The summed E-state index contributed by atoms with van der Waals surface area (Å²) in [5.41, 5.74) is 6.81. The van der Waals surface area contributed by atoms with Gasteiger partial charge in [0.15, 0.2) is 23.0 Å². The minimum Gasteiger partial charge on any atom is -0.493 e. The molecule has 0 saturated carbocycles. The van der Waals surface area contributed by atoms with Crippen LogP contribution in [0.3, 0.4) is 0 Å². The first-order chi connectivity index (χ1) is 29.4. The van der Waals surface area contributed by atoms with E-state index >= 15 is 0 Å². The first-order valence-corrected chi connectivity index (χ1v) is 21.5. The molecular formula is C47H65ClN2O11+2. The van der Waals surface area contributed by atoms with Crippen LogP contribution in [-0.2, 0) is 51.7 Å². The number of likely N-dealkylation sites (tertiary alicyclic amines) is 1. The van der Waals surface area contributed by atoms with Gasteiger partial charge in [-0.2, -0.15) is 0 Å². The molecule has 2 N–H and O–H groups in total. The highest BCUT2D eigenvalue weighted by molar-refractivity contribution is 6.42. The van der Waals surface area contributed by atoms with Crippen LogP contribution in [0.15, 0.2) is 47.5 Å². The van der Waals surface area contributed by atoms with Gasteiger partial charge in [0.1, 0.15) is 17.6 Å². The normalized spacial score (nSPS) is 18.5. The summed E-state index contributed by atoms with van der Waals surface area (Å²) in [5.74, 6) is 1.61. The lowest BCUT2D eigenvalue weighted by Gasteiger charge is -2.46. The second-order valence-corrected chi connectivity index (χ2v) is 16.9. The van der Waals surface area contributed by atoms with Crippen molar-refractivity contribution in [1.29, 1.82) is 0 Å². The minimum absolute atomic E-state index is 0.0551. The molecule has 1 fully saturated rings. The summed E-state index contributed by atoms with van der Waals surface area (Å²) in [5, 5.41) is 19.9. The van der Waals surface area contributed by atoms with Crippen LogP contribution in [0.1, 0.15) is 77.1 Å². The number of hydrogen-bond acceptors (Lipinski definition) is 11. The summed E-state index contributed by atoms with van der Waals surface area (Å²) in [4.78, 5) is 25.7. The van der Waals surface area contributed by atoms with Crippen LogP contribution in [-0.4, -0.2) is 120 Å². The number of esters is 2. The highest BCUT2D eigenvalue weighted by atomic mass is 35.5. The van der Waals surface area contributed by atoms with Crippen LogP contribution in [0.2, 0.25) is 0 Å². The molecule has 2 aliphatic heterocycles. The fraction of sp³-hybridized carbons (Fsp3) is 0.532. The lowest BCUT2D eigenvalue weighted by atomic mass is 9.84. The molecule has 5 rings (SSSR count). The number of nitrogens with zero attached hydrogens (tertiary/aromatic N) is 2. The molecule has 61 heavy (non-hydrogen) atoms. The van der Waals surface area contributed by atoms with Crippen LogP contribution in [0.4, 0.5) is 0 Å². The Labute approximate surface area is 365 Å². The third-order valence-corrected chi connectivity index (χ3v) is 12.7. The Morgan fingerprint density at radius 1 is 0.738 bits per heavy atom. The molecule has 2 aliphatic rings. The van der Waals surface area contributed by atoms with Gasteiger partial charge in [0, 0.05) is 42.9 Å². The number of aliphatic hydroxyl groups excluding tert-OH is 2. The van der Waals surface area contributed by atoms with Gasteiger partial charge in [-0.25, -0.2) is 9.59 Å². The number of methoxy groups -OCH3 is 5. The molecule has 0 aromatic heterocycles. The number of hydrogen-bond donors (Lipinski definition) is 2. The number of fused-ring (bicyclic) bond motifs is 1. The predicted molar refractivity (Wildman–Crippen MR) is 232 cm³/mol. The fourth-order valence-electron chi connectivity index (χ4n) is 9.31. The number of rotatable bonds is 21. The van der Waals surface area contributed by atoms with Crippen molar-refractivity contribution in [1.82, 2.24) is 0 Å². The van der Waals surface area contributed by atoms with Crippen molar-refractivity contribution in [2.75, 3.05) is 88.5 Å². The maximum atomic E-state index is 12.9. The molecule has 14 heteroatoms. The third-order valence-electron chi connectivity index (χ3n) is 12.5. The van der Waals surface area contributed by atoms with E-state index in [-0.39, 0.29) is 37.5 Å². The summed E-state index contributed by atoms with van der Waals surface area (Å²) < 4.78 is 40.6. The van der Waals surface area contributed by atoms with Gasteiger partial charge in [0.2, 0.25) is 5.75 Å². The number of likely N-dealkylation sites (N-methyl/N-ethyl adjacent to an activating group) is 1. The number of carbonyl (C=O) groups is 2. The van der Waals surface area contributed by atoms with Gasteiger partial charge in [-0.3, -0.25) is 0 Å². The molecule has 13 nitrogen and oxygen atoms in total. The van der Waals surface area contributed by atoms with E-state index in [1.165, 1.54) is 12.0 Å². The van der Waals surface area contributed by atoms with Crippen LogP contribution < -0.4 is 23.7 Å². The number of halogens is 1. The Balaban J connectivity index is 1.18. The van der Waals surface area contributed by atoms with Crippen molar-refractivity contribution in [3.8, 4) is 28.7 Å². The van der Waals surface area contributed by atoms with Crippen molar-refractivity contribution < 1.29 is 61.9 Å². The van der Waals surface area contributed by atoms with E-state index in [1.807, 2.05) is 31.2 Å². The molecule has 0 spiro atoms. The zero-order valence-corrected chi connectivity index (χ0v) is 37.7. The topological polar surface area (TPSA) is 139 Å². The Hall–Kier alpha value is -4.53. The molecule has 334 valence electrons. The number of benzene rings is 3. The molecule has 0 bridgehead atoms. The molecule has 2 atom stereocenters. The first kappa shape index (κ1) is 47.5. The van der Waals surface area contributed by atoms with E-state index in [0.29, 0.717) is 58.7 Å². The van der Waals surface area contributed by atoms with Crippen molar-refractivity contribution in [3.63, 3.8) is 0 Å². The van der Waals surface area contributed by atoms with Crippen LogP contribution in [0.5, 0.6) is 28.7 Å². The maximum absolute atomic E-state index is 12.9.